The third-order valence-corrected chi connectivity index (χ3v) is 3.96. The average molecular weight is 281 g/mol. The lowest BCUT2D eigenvalue weighted by Gasteiger charge is -2.34. The van der Waals surface area contributed by atoms with Crippen LogP contribution in [0.15, 0.2) is 9.59 Å². The van der Waals surface area contributed by atoms with Crippen LogP contribution >= 0.6 is 0 Å². The van der Waals surface area contributed by atoms with Crippen molar-refractivity contribution in [3.63, 3.8) is 0 Å². The summed E-state index contributed by atoms with van der Waals surface area (Å²) in [4.78, 5) is 26.0. The maximum Gasteiger partial charge on any atom is 0.346 e. The number of anilines is 1. The molecule has 1 heterocycles. The first-order valence-corrected chi connectivity index (χ1v) is 7.17. The third-order valence-electron chi connectivity index (χ3n) is 3.96. The number of nitrogens with zero attached hydrogens (tertiary/aromatic N) is 4. The van der Waals surface area contributed by atoms with E-state index in [1.807, 2.05) is 4.90 Å². The normalized spacial score (nSPS) is 16.4. The molecule has 2 N–H and O–H groups in total. The van der Waals surface area contributed by atoms with Crippen LogP contribution < -0.4 is 21.9 Å². The van der Waals surface area contributed by atoms with E-state index >= 15 is 0 Å². The zero-order valence-electron chi connectivity index (χ0n) is 12.2. The Bertz CT molecular complexity index is 571. The van der Waals surface area contributed by atoms with Gasteiger partial charge in [-0.05, 0) is 12.8 Å². The van der Waals surface area contributed by atoms with Gasteiger partial charge in [0.2, 0.25) is 5.82 Å². The molecule has 0 aromatic carbocycles. The molecule has 0 bridgehead atoms. The van der Waals surface area contributed by atoms with Gasteiger partial charge in [-0.25, -0.2) is 9.48 Å². The Morgan fingerprint density at radius 2 is 1.90 bits per heavy atom. The van der Waals surface area contributed by atoms with Crippen LogP contribution in [0.5, 0.6) is 0 Å². The predicted octanol–water partition coefficient (Wildman–Crippen LogP) is -0.423. The van der Waals surface area contributed by atoms with Crippen molar-refractivity contribution < 1.29 is 0 Å². The van der Waals surface area contributed by atoms with E-state index in [2.05, 4.69) is 5.10 Å². The van der Waals surface area contributed by atoms with Gasteiger partial charge in [0.25, 0.3) is 5.56 Å². The van der Waals surface area contributed by atoms with Crippen molar-refractivity contribution in [2.45, 2.75) is 38.1 Å². The summed E-state index contributed by atoms with van der Waals surface area (Å²) in [5, 5.41) is 4.17. The molecule has 0 aliphatic heterocycles. The molecular formula is C13H23N5O2. The standard InChI is InChI=1S/C13H23N5O2/c1-16-12(19)11(15-17(2)13(16)20)18(9-8-14)10-6-4-3-5-7-10/h10H,3-9,14H2,1-2H3. The summed E-state index contributed by atoms with van der Waals surface area (Å²) >= 11 is 0. The molecule has 0 atom stereocenters. The molecule has 2 rings (SSSR count). The van der Waals surface area contributed by atoms with Gasteiger partial charge in [-0.15, -0.1) is 5.10 Å². The highest BCUT2D eigenvalue weighted by Crippen LogP contribution is 2.24. The Labute approximate surface area is 118 Å². The van der Waals surface area contributed by atoms with Gasteiger partial charge in [0.1, 0.15) is 0 Å². The SMILES string of the molecule is Cn1nc(N(CCN)C2CCCCC2)c(=O)n(C)c1=O. The highest BCUT2D eigenvalue weighted by molar-refractivity contribution is 5.36. The summed E-state index contributed by atoms with van der Waals surface area (Å²) in [5.74, 6) is 0.340. The first-order chi connectivity index (χ1) is 9.56. The molecule has 0 unspecified atom stereocenters. The first kappa shape index (κ1) is 14.8. The second-order valence-corrected chi connectivity index (χ2v) is 5.37. The molecule has 0 spiro atoms. The summed E-state index contributed by atoms with van der Waals surface area (Å²) in [6.07, 6.45) is 5.67. The molecule has 7 nitrogen and oxygen atoms in total. The molecule has 1 aliphatic carbocycles. The number of hydrogen-bond donors (Lipinski definition) is 1. The van der Waals surface area contributed by atoms with Gasteiger partial charge in [0.05, 0.1) is 0 Å². The van der Waals surface area contributed by atoms with Crippen LogP contribution in [0.4, 0.5) is 5.82 Å². The van der Waals surface area contributed by atoms with Crippen molar-refractivity contribution in [1.82, 2.24) is 14.3 Å². The quantitative estimate of drug-likeness (QED) is 0.810. The molecule has 1 saturated carbocycles. The minimum atomic E-state index is -0.407. The first-order valence-electron chi connectivity index (χ1n) is 7.17. The molecular weight excluding hydrogens is 258 g/mol. The van der Waals surface area contributed by atoms with Crippen molar-refractivity contribution in [1.29, 1.82) is 0 Å². The zero-order chi connectivity index (χ0) is 14.7. The maximum atomic E-state index is 12.3. The van der Waals surface area contributed by atoms with Crippen molar-refractivity contribution in [2.75, 3.05) is 18.0 Å². The zero-order valence-corrected chi connectivity index (χ0v) is 12.2. The van der Waals surface area contributed by atoms with Gasteiger partial charge in [-0.2, -0.15) is 0 Å². The summed E-state index contributed by atoms with van der Waals surface area (Å²) in [6, 6.07) is 0.296. The van der Waals surface area contributed by atoms with Crippen molar-refractivity contribution in [2.24, 2.45) is 19.8 Å². The van der Waals surface area contributed by atoms with E-state index in [0.29, 0.717) is 24.9 Å². The molecule has 7 heteroatoms. The van der Waals surface area contributed by atoms with Crippen LogP contribution in [0, 0.1) is 0 Å². The van der Waals surface area contributed by atoms with Gasteiger partial charge in [0, 0.05) is 33.2 Å². The monoisotopic (exact) mass is 281 g/mol. The average Bonchev–Trinajstić information content (AvgIpc) is 2.47. The Morgan fingerprint density at radius 1 is 1.25 bits per heavy atom. The molecule has 112 valence electrons. The van der Waals surface area contributed by atoms with Crippen LogP contribution in [0.25, 0.3) is 0 Å². The van der Waals surface area contributed by atoms with E-state index in [0.717, 1.165) is 30.3 Å². The summed E-state index contributed by atoms with van der Waals surface area (Å²) in [7, 11) is 3.05. The van der Waals surface area contributed by atoms with Gasteiger partial charge >= 0.3 is 5.69 Å². The van der Waals surface area contributed by atoms with E-state index < -0.39 is 5.69 Å². The lowest BCUT2D eigenvalue weighted by Crippen LogP contribution is -2.48. The molecule has 1 aromatic heterocycles. The highest BCUT2D eigenvalue weighted by Gasteiger charge is 2.25. The van der Waals surface area contributed by atoms with Crippen molar-refractivity contribution in [3.05, 3.63) is 20.8 Å². The van der Waals surface area contributed by atoms with Crippen molar-refractivity contribution >= 4 is 5.82 Å². The highest BCUT2D eigenvalue weighted by atomic mass is 16.2. The second kappa shape index (κ2) is 6.21. The molecule has 0 amide bonds. The lowest BCUT2D eigenvalue weighted by atomic mass is 9.94. The molecule has 1 aliphatic rings. The Balaban J connectivity index is 2.43. The van der Waals surface area contributed by atoms with E-state index in [1.165, 1.54) is 18.2 Å². The number of aryl methyl sites for hydroxylation is 1. The fraction of sp³-hybridized carbons (Fsp3) is 0.769. The Morgan fingerprint density at radius 3 is 2.50 bits per heavy atom. The van der Waals surface area contributed by atoms with Gasteiger partial charge in [-0.1, -0.05) is 19.3 Å². The summed E-state index contributed by atoms with van der Waals surface area (Å²) in [5.41, 5.74) is 4.93. The van der Waals surface area contributed by atoms with Crippen LogP contribution in [0.1, 0.15) is 32.1 Å². The lowest BCUT2D eigenvalue weighted by molar-refractivity contribution is 0.409. The van der Waals surface area contributed by atoms with Crippen molar-refractivity contribution in [3.8, 4) is 0 Å². The fourth-order valence-corrected chi connectivity index (χ4v) is 2.86. The van der Waals surface area contributed by atoms with E-state index in [9.17, 15) is 9.59 Å². The number of hydrogen-bond acceptors (Lipinski definition) is 5. The largest absolute Gasteiger partial charge is 0.346 e. The third kappa shape index (κ3) is 2.77. The molecule has 0 radical (unpaired) electrons. The van der Waals surface area contributed by atoms with Crippen LogP contribution in [0.3, 0.4) is 0 Å². The minimum absolute atomic E-state index is 0.296. The topological polar surface area (TPSA) is 86.2 Å². The minimum Gasteiger partial charge on any atom is -0.346 e. The fourth-order valence-electron chi connectivity index (χ4n) is 2.86. The summed E-state index contributed by atoms with van der Waals surface area (Å²) < 4.78 is 2.32. The van der Waals surface area contributed by atoms with Gasteiger partial charge in [0.15, 0.2) is 0 Å². The van der Waals surface area contributed by atoms with Crippen LogP contribution in [0.2, 0.25) is 0 Å². The predicted molar refractivity (Wildman–Crippen MR) is 78.0 cm³/mol. The maximum absolute atomic E-state index is 12.3. The molecule has 1 fully saturated rings. The molecule has 0 saturated heterocycles. The van der Waals surface area contributed by atoms with E-state index in [4.69, 9.17) is 5.73 Å². The van der Waals surface area contributed by atoms with Gasteiger partial charge in [-0.3, -0.25) is 9.36 Å². The Hall–Kier alpha value is -1.63. The Kier molecular flexibility index (Phi) is 4.59. The van der Waals surface area contributed by atoms with E-state index in [1.54, 1.807) is 7.05 Å². The molecule has 20 heavy (non-hydrogen) atoms. The number of aromatic nitrogens is 3. The molecule has 1 aromatic rings. The van der Waals surface area contributed by atoms with Crippen LogP contribution in [-0.2, 0) is 14.1 Å². The smallest absolute Gasteiger partial charge is 0.346 e. The second-order valence-electron chi connectivity index (χ2n) is 5.37. The summed E-state index contributed by atoms with van der Waals surface area (Å²) in [6.45, 7) is 1.05. The number of rotatable bonds is 4. The van der Waals surface area contributed by atoms with Gasteiger partial charge < -0.3 is 10.6 Å². The van der Waals surface area contributed by atoms with E-state index in [-0.39, 0.29) is 5.56 Å². The number of nitrogens with two attached hydrogens (primary N) is 1. The van der Waals surface area contributed by atoms with Crippen LogP contribution in [-0.4, -0.2) is 33.5 Å².